The second kappa shape index (κ2) is 7.41. The van der Waals surface area contributed by atoms with Gasteiger partial charge in [0.05, 0.1) is 6.04 Å². The molecule has 1 aliphatic carbocycles. The first-order valence-electron chi connectivity index (χ1n) is 9.81. The summed E-state index contributed by atoms with van der Waals surface area (Å²) in [5.41, 5.74) is 2.73. The van der Waals surface area contributed by atoms with Crippen LogP contribution in [0.3, 0.4) is 0 Å². The molecule has 1 saturated carbocycles. The molecule has 2 fully saturated rings. The van der Waals surface area contributed by atoms with E-state index in [9.17, 15) is 0 Å². The summed E-state index contributed by atoms with van der Waals surface area (Å²) in [4.78, 5) is 5.01. The third kappa shape index (κ3) is 3.62. The number of piperazine rings is 1. The summed E-state index contributed by atoms with van der Waals surface area (Å²) in [6.45, 7) is 4.09. The number of aromatic nitrogens is 2. The Kier molecular flexibility index (Phi) is 4.64. The monoisotopic (exact) mass is 376 g/mol. The van der Waals surface area contributed by atoms with Crippen LogP contribution >= 0.6 is 11.3 Å². The second-order valence-corrected chi connectivity index (χ2v) is 8.43. The number of anilines is 1. The first-order valence-corrected chi connectivity index (χ1v) is 10.6. The van der Waals surface area contributed by atoms with E-state index < -0.39 is 0 Å². The molecule has 3 aromatic rings. The maximum Gasteiger partial charge on any atom is 0.208 e. The smallest absolute Gasteiger partial charge is 0.208 e. The molecule has 27 heavy (non-hydrogen) atoms. The Labute approximate surface area is 164 Å². The van der Waals surface area contributed by atoms with E-state index in [-0.39, 0.29) is 0 Å². The minimum atomic E-state index is 0.311. The van der Waals surface area contributed by atoms with Crippen molar-refractivity contribution >= 4 is 16.5 Å². The fraction of sp³-hybridized carbons (Fsp3) is 0.364. The van der Waals surface area contributed by atoms with Crippen molar-refractivity contribution in [3.8, 4) is 0 Å². The molecule has 0 bridgehead atoms. The maximum absolute atomic E-state index is 4.46. The van der Waals surface area contributed by atoms with Gasteiger partial charge in [0.15, 0.2) is 0 Å². The van der Waals surface area contributed by atoms with Crippen LogP contribution < -0.4 is 4.90 Å². The standard InChI is InChI=1S/C22H24N4S/c1-3-7-17(8-4-1)20(18-9-5-2-6-10-18)25-13-15-26(16-14-25)22-24-23-21(27-22)19-11-12-19/h1-10,19-20H,11-16H2. The zero-order valence-corrected chi connectivity index (χ0v) is 16.2. The van der Waals surface area contributed by atoms with Gasteiger partial charge < -0.3 is 4.90 Å². The van der Waals surface area contributed by atoms with Gasteiger partial charge >= 0.3 is 0 Å². The van der Waals surface area contributed by atoms with Crippen molar-refractivity contribution in [3.63, 3.8) is 0 Å². The van der Waals surface area contributed by atoms with E-state index in [2.05, 4.69) is 80.7 Å². The zero-order chi connectivity index (χ0) is 18.1. The predicted octanol–water partition coefficient (Wildman–Crippen LogP) is 4.33. The first-order chi connectivity index (χ1) is 13.4. The van der Waals surface area contributed by atoms with Crippen molar-refractivity contribution in [3.05, 3.63) is 76.8 Å². The summed E-state index contributed by atoms with van der Waals surface area (Å²) in [6.07, 6.45) is 2.58. The number of rotatable bonds is 5. The van der Waals surface area contributed by atoms with Crippen LogP contribution in [0.1, 0.15) is 40.9 Å². The Morgan fingerprint density at radius 2 is 1.37 bits per heavy atom. The molecule has 1 saturated heterocycles. The average Bonchev–Trinajstić information content (AvgIpc) is 3.47. The SMILES string of the molecule is c1ccc(C(c2ccccc2)N2CCN(c3nnc(C4CC4)s3)CC2)cc1. The van der Waals surface area contributed by atoms with Crippen LogP contribution in [0.25, 0.3) is 0 Å². The van der Waals surface area contributed by atoms with E-state index in [1.54, 1.807) is 11.3 Å². The normalized spacial score (nSPS) is 18.2. The fourth-order valence-corrected chi connectivity index (χ4v) is 4.97. The molecule has 0 unspecified atom stereocenters. The summed E-state index contributed by atoms with van der Waals surface area (Å²) >= 11 is 1.80. The van der Waals surface area contributed by atoms with Crippen molar-refractivity contribution in [2.75, 3.05) is 31.1 Å². The number of hydrogen-bond acceptors (Lipinski definition) is 5. The molecule has 4 nitrogen and oxygen atoms in total. The molecule has 2 aromatic carbocycles. The lowest BCUT2D eigenvalue weighted by Gasteiger charge is -2.39. The fourth-order valence-electron chi connectivity index (χ4n) is 3.91. The first kappa shape index (κ1) is 16.9. The van der Waals surface area contributed by atoms with E-state index >= 15 is 0 Å². The van der Waals surface area contributed by atoms with Gasteiger partial charge in [-0.05, 0) is 24.0 Å². The minimum absolute atomic E-state index is 0.311. The molecule has 5 rings (SSSR count). The minimum Gasteiger partial charge on any atom is -0.344 e. The molecule has 0 spiro atoms. The third-order valence-electron chi connectivity index (χ3n) is 5.54. The topological polar surface area (TPSA) is 32.3 Å². The maximum atomic E-state index is 4.46. The second-order valence-electron chi connectivity index (χ2n) is 7.44. The van der Waals surface area contributed by atoms with E-state index in [0.717, 1.165) is 31.3 Å². The van der Waals surface area contributed by atoms with Crippen molar-refractivity contribution in [2.45, 2.75) is 24.8 Å². The molecule has 0 amide bonds. The van der Waals surface area contributed by atoms with Crippen molar-refractivity contribution < 1.29 is 0 Å². The van der Waals surface area contributed by atoms with Crippen LogP contribution in [0.4, 0.5) is 5.13 Å². The molecule has 0 atom stereocenters. The average molecular weight is 377 g/mol. The molecule has 138 valence electrons. The van der Waals surface area contributed by atoms with Gasteiger partial charge in [0, 0.05) is 32.1 Å². The summed E-state index contributed by atoms with van der Waals surface area (Å²) in [5.74, 6) is 0.693. The highest BCUT2D eigenvalue weighted by Gasteiger charge is 2.30. The summed E-state index contributed by atoms with van der Waals surface area (Å²) in [5, 5.41) is 11.2. The molecule has 0 radical (unpaired) electrons. The van der Waals surface area contributed by atoms with Crippen LogP contribution in [0.2, 0.25) is 0 Å². The molecule has 2 heterocycles. The van der Waals surface area contributed by atoms with Gasteiger partial charge in [-0.15, -0.1) is 10.2 Å². The molecule has 2 aliphatic rings. The lowest BCUT2D eigenvalue weighted by atomic mass is 9.96. The zero-order valence-electron chi connectivity index (χ0n) is 15.4. The van der Waals surface area contributed by atoms with Gasteiger partial charge in [-0.3, -0.25) is 4.90 Å². The number of benzene rings is 2. The lowest BCUT2D eigenvalue weighted by Crippen LogP contribution is -2.48. The van der Waals surface area contributed by atoms with E-state index in [4.69, 9.17) is 0 Å². The molecular formula is C22H24N4S. The largest absolute Gasteiger partial charge is 0.344 e. The lowest BCUT2D eigenvalue weighted by molar-refractivity contribution is 0.212. The van der Waals surface area contributed by atoms with Crippen LogP contribution in [0, 0.1) is 0 Å². The third-order valence-corrected chi connectivity index (χ3v) is 6.68. The van der Waals surface area contributed by atoms with E-state index in [1.807, 2.05) is 0 Å². The van der Waals surface area contributed by atoms with Crippen molar-refractivity contribution in [1.29, 1.82) is 0 Å². The van der Waals surface area contributed by atoms with Gasteiger partial charge in [-0.2, -0.15) is 0 Å². The predicted molar refractivity (Wildman–Crippen MR) is 110 cm³/mol. The van der Waals surface area contributed by atoms with Crippen LogP contribution in [0.5, 0.6) is 0 Å². The summed E-state index contributed by atoms with van der Waals surface area (Å²) in [7, 11) is 0. The number of nitrogens with zero attached hydrogens (tertiary/aromatic N) is 4. The van der Waals surface area contributed by atoms with Gasteiger partial charge in [0.25, 0.3) is 0 Å². The van der Waals surface area contributed by atoms with Gasteiger partial charge in [-0.25, -0.2) is 0 Å². The van der Waals surface area contributed by atoms with Gasteiger partial charge in [0.2, 0.25) is 5.13 Å². The Bertz CT molecular complexity index is 828. The number of hydrogen-bond donors (Lipinski definition) is 0. The highest BCUT2D eigenvalue weighted by molar-refractivity contribution is 7.15. The molecule has 1 aliphatic heterocycles. The van der Waals surface area contributed by atoms with Gasteiger partial charge in [-0.1, -0.05) is 72.0 Å². The molecule has 5 heteroatoms. The summed E-state index contributed by atoms with van der Waals surface area (Å²) < 4.78 is 0. The van der Waals surface area contributed by atoms with Crippen LogP contribution in [-0.2, 0) is 0 Å². The highest BCUT2D eigenvalue weighted by Crippen LogP contribution is 2.42. The van der Waals surface area contributed by atoms with Crippen LogP contribution in [-0.4, -0.2) is 41.3 Å². The Balaban J connectivity index is 1.33. The Hall–Kier alpha value is -2.24. The molecular weight excluding hydrogens is 352 g/mol. The molecule has 1 aromatic heterocycles. The quantitative estimate of drug-likeness (QED) is 0.664. The summed E-state index contributed by atoms with van der Waals surface area (Å²) in [6, 6.07) is 22.0. The molecule has 0 N–H and O–H groups in total. The van der Waals surface area contributed by atoms with Gasteiger partial charge in [0.1, 0.15) is 5.01 Å². The highest BCUT2D eigenvalue weighted by atomic mass is 32.1. The van der Waals surface area contributed by atoms with E-state index in [1.165, 1.54) is 29.0 Å². The van der Waals surface area contributed by atoms with Crippen molar-refractivity contribution in [2.24, 2.45) is 0 Å². The Morgan fingerprint density at radius 1 is 0.778 bits per heavy atom. The van der Waals surface area contributed by atoms with Crippen LogP contribution in [0.15, 0.2) is 60.7 Å². The Morgan fingerprint density at radius 3 is 1.93 bits per heavy atom. The van der Waals surface area contributed by atoms with E-state index in [0.29, 0.717) is 12.0 Å². The van der Waals surface area contributed by atoms with Crippen molar-refractivity contribution in [1.82, 2.24) is 15.1 Å².